The van der Waals surface area contributed by atoms with E-state index in [1.54, 1.807) is 19.4 Å². The number of hydrogen-bond acceptors (Lipinski definition) is 9. The normalized spacial score (nSPS) is 16.5. The monoisotopic (exact) mass is 592 g/mol. The Morgan fingerprint density at radius 1 is 0.952 bits per heavy atom. The van der Waals surface area contributed by atoms with E-state index < -0.39 is 0 Å². The van der Waals surface area contributed by atoms with Crippen LogP contribution in [-0.4, -0.2) is 110 Å². The fourth-order valence-electron chi connectivity index (χ4n) is 5.35. The summed E-state index contributed by atoms with van der Waals surface area (Å²) in [6, 6.07) is 13.8. The van der Waals surface area contributed by atoms with E-state index in [9.17, 15) is 4.79 Å². The zero-order valence-corrected chi connectivity index (χ0v) is 25.3. The average molecular weight is 593 g/mol. The van der Waals surface area contributed by atoms with Gasteiger partial charge in [-0.3, -0.25) is 9.69 Å². The Kier molecular flexibility index (Phi) is 10.6. The topological polar surface area (TPSA) is 97.9 Å². The number of nitrogens with one attached hydrogen (secondary N) is 3. The number of nitrogens with zero attached hydrogens (tertiary/aromatic N) is 5. The minimum Gasteiger partial charge on any atom is -0.383 e. The highest BCUT2D eigenvalue weighted by Gasteiger charge is 2.17. The average Bonchev–Trinajstić information content (AvgIpc) is 3.21. The van der Waals surface area contributed by atoms with Gasteiger partial charge in [-0.25, -0.2) is 4.98 Å². The summed E-state index contributed by atoms with van der Waals surface area (Å²) in [5.41, 5.74) is 4.79. The Balaban J connectivity index is 1.22. The molecule has 0 atom stereocenters. The largest absolute Gasteiger partial charge is 0.383 e. The lowest BCUT2D eigenvalue weighted by Crippen LogP contribution is -2.46. The van der Waals surface area contributed by atoms with Gasteiger partial charge in [-0.15, -0.1) is 0 Å². The van der Waals surface area contributed by atoms with Crippen LogP contribution in [0.15, 0.2) is 48.7 Å². The van der Waals surface area contributed by atoms with E-state index in [2.05, 4.69) is 65.9 Å². The minimum atomic E-state index is -0.137. The van der Waals surface area contributed by atoms with Gasteiger partial charge in [-0.05, 0) is 55.3 Å². The molecule has 1 amide bonds. The predicted octanol–water partition coefficient (Wildman–Crippen LogP) is 3.64. The summed E-state index contributed by atoms with van der Waals surface area (Å²) in [6.45, 7) is 9.31. The first-order valence-electron chi connectivity index (χ1n) is 14.7. The maximum Gasteiger partial charge on any atom is 0.253 e. The van der Waals surface area contributed by atoms with E-state index in [0.717, 1.165) is 77.5 Å². The maximum atomic E-state index is 13.1. The van der Waals surface area contributed by atoms with Gasteiger partial charge in [0.25, 0.3) is 5.91 Å². The summed E-state index contributed by atoms with van der Waals surface area (Å²) in [5.74, 6) is 0.711. The number of rotatable bonds is 11. The number of methoxy groups -OCH3 is 1. The highest BCUT2D eigenvalue weighted by atomic mass is 35.5. The quantitative estimate of drug-likeness (QED) is 0.308. The molecule has 0 spiro atoms. The molecular formula is C31H41ClN8O2. The van der Waals surface area contributed by atoms with Crippen LogP contribution in [-0.2, 0) is 17.6 Å². The lowest BCUT2D eigenvalue weighted by atomic mass is 10.0. The number of ether oxygens (including phenoxy) is 1. The molecule has 1 aromatic heterocycles. The van der Waals surface area contributed by atoms with Crippen LogP contribution in [0.4, 0.5) is 23.1 Å². The third-order valence-electron chi connectivity index (χ3n) is 7.95. The van der Waals surface area contributed by atoms with Crippen LogP contribution in [0, 0.1) is 0 Å². The number of aromatic nitrogens is 2. The second kappa shape index (κ2) is 14.8. The summed E-state index contributed by atoms with van der Waals surface area (Å²) in [5, 5.41) is 10.0. The van der Waals surface area contributed by atoms with Crippen molar-refractivity contribution in [2.45, 2.75) is 12.8 Å². The van der Waals surface area contributed by atoms with Gasteiger partial charge in [0.1, 0.15) is 5.02 Å². The molecule has 1 fully saturated rings. The van der Waals surface area contributed by atoms with Gasteiger partial charge in [-0.1, -0.05) is 29.8 Å². The molecule has 0 bridgehead atoms. The van der Waals surface area contributed by atoms with Crippen LogP contribution < -0.4 is 16.0 Å². The standard InChI is InChI=1S/C31H41ClN8O2/c1-38-15-17-40(18-16-38)14-11-33-30(41)26-5-3-4-6-28(26)36-29-27(32)22-34-31(37-29)35-25-8-7-23-9-12-39(19-20-42-2)13-10-24(23)21-25/h3-8,21-22H,9-20H2,1-2H3,(H,33,41)(H2,34,35,36,37). The van der Waals surface area contributed by atoms with Crippen LogP contribution in [0.5, 0.6) is 0 Å². The SMILES string of the molecule is COCCN1CCc2ccc(Nc3ncc(Cl)c(Nc4ccccc4C(=O)NCCN4CCN(C)CC4)n3)cc2CC1. The second-order valence-electron chi connectivity index (χ2n) is 10.9. The Bertz CT molecular complexity index is 1350. The predicted molar refractivity (Wildman–Crippen MR) is 168 cm³/mol. The van der Waals surface area contributed by atoms with Crippen molar-refractivity contribution in [1.82, 2.24) is 30.0 Å². The van der Waals surface area contributed by atoms with Gasteiger partial charge < -0.3 is 30.5 Å². The Hall–Kier alpha value is -3.28. The molecule has 0 saturated carbocycles. The second-order valence-corrected chi connectivity index (χ2v) is 11.3. The summed E-state index contributed by atoms with van der Waals surface area (Å²) >= 11 is 6.49. The summed E-state index contributed by atoms with van der Waals surface area (Å²) in [7, 11) is 3.89. The zero-order chi connectivity index (χ0) is 29.3. The molecular weight excluding hydrogens is 552 g/mol. The van der Waals surface area contributed by atoms with E-state index in [0.29, 0.717) is 34.6 Å². The summed E-state index contributed by atoms with van der Waals surface area (Å²) < 4.78 is 5.26. The third-order valence-corrected chi connectivity index (χ3v) is 8.22. The van der Waals surface area contributed by atoms with Crippen molar-refractivity contribution >= 4 is 40.6 Å². The van der Waals surface area contributed by atoms with Crippen molar-refractivity contribution in [2.75, 3.05) is 90.3 Å². The highest BCUT2D eigenvalue weighted by Crippen LogP contribution is 2.28. The number of halogens is 1. The van der Waals surface area contributed by atoms with E-state index in [1.165, 1.54) is 11.1 Å². The molecule has 42 heavy (non-hydrogen) atoms. The first kappa shape index (κ1) is 30.2. The number of piperazine rings is 1. The van der Waals surface area contributed by atoms with Gasteiger partial charge in [-0.2, -0.15) is 4.98 Å². The zero-order valence-electron chi connectivity index (χ0n) is 24.5. The van der Waals surface area contributed by atoms with Crippen molar-refractivity contribution < 1.29 is 9.53 Å². The number of likely N-dealkylation sites (N-methyl/N-ethyl adjacent to an activating group) is 1. The minimum absolute atomic E-state index is 0.137. The molecule has 3 N–H and O–H groups in total. The fraction of sp³-hybridized carbons (Fsp3) is 0.452. The number of hydrogen-bond donors (Lipinski definition) is 3. The van der Waals surface area contributed by atoms with Crippen LogP contribution >= 0.6 is 11.6 Å². The van der Waals surface area contributed by atoms with E-state index in [4.69, 9.17) is 16.3 Å². The molecule has 0 unspecified atom stereocenters. The van der Waals surface area contributed by atoms with Gasteiger partial charge in [0.15, 0.2) is 5.82 Å². The van der Waals surface area contributed by atoms with Crippen molar-refractivity contribution in [3.63, 3.8) is 0 Å². The van der Waals surface area contributed by atoms with Crippen LogP contribution in [0.3, 0.4) is 0 Å². The van der Waals surface area contributed by atoms with Gasteiger partial charge in [0, 0.05) is 71.7 Å². The number of anilines is 4. The van der Waals surface area contributed by atoms with Crippen LogP contribution in [0.2, 0.25) is 5.02 Å². The van der Waals surface area contributed by atoms with E-state index >= 15 is 0 Å². The number of para-hydroxylation sites is 1. The number of carbonyl (C=O) groups excluding carboxylic acids is 1. The number of carbonyl (C=O) groups is 1. The Morgan fingerprint density at radius 2 is 1.71 bits per heavy atom. The third kappa shape index (κ3) is 8.17. The smallest absolute Gasteiger partial charge is 0.253 e. The van der Waals surface area contributed by atoms with Gasteiger partial charge >= 0.3 is 0 Å². The summed E-state index contributed by atoms with van der Waals surface area (Å²) in [6.07, 6.45) is 3.57. The molecule has 0 aliphatic carbocycles. The number of benzene rings is 2. The Labute approximate surface area is 253 Å². The molecule has 2 aliphatic rings. The molecule has 11 heteroatoms. The summed E-state index contributed by atoms with van der Waals surface area (Å²) in [4.78, 5) is 29.3. The van der Waals surface area contributed by atoms with Crippen LogP contribution in [0.1, 0.15) is 21.5 Å². The van der Waals surface area contributed by atoms with Gasteiger partial charge in [0.2, 0.25) is 5.95 Å². The van der Waals surface area contributed by atoms with Crippen molar-refractivity contribution in [2.24, 2.45) is 0 Å². The molecule has 5 rings (SSSR count). The lowest BCUT2D eigenvalue weighted by Gasteiger charge is -2.32. The highest BCUT2D eigenvalue weighted by molar-refractivity contribution is 6.33. The first-order chi connectivity index (χ1) is 20.5. The fourth-order valence-corrected chi connectivity index (χ4v) is 5.49. The molecule has 224 valence electrons. The number of amides is 1. The molecule has 10 nitrogen and oxygen atoms in total. The van der Waals surface area contributed by atoms with E-state index in [1.807, 2.05) is 18.2 Å². The molecule has 1 saturated heterocycles. The molecule has 0 radical (unpaired) electrons. The van der Waals surface area contributed by atoms with Crippen molar-refractivity contribution in [3.05, 3.63) is 70.4 Å². The maximum absolute atomic E-state index is 13.1. The molecule has 2 aromatic carbocycles. The van der Waals surface area contributed by atoms with E-state index in [-0.39, 0.29) is 5.91 Å². The Morgan fingerprint density at radius 3 is 2.52 bits per heavy atom. The lowest BCUT2D eigenvalue weighted by molar-refractivity contribution is 0.0942. The molecule has 3 aromatic rings. The van der Waals surface area contributed by atoms with Gasteiger partial charge in [0.05, 0.1) is 24.1 Å². The molecule has 2 aliphatic heterocycles. The first-order valence-corrected chi connectivity index (χ1v) is 15.0. The van der Waals surface area contributed by atoms with Crippen molar-refractivity contribution in [3.8, 4) is 0 Å². The van der Waals surface area contributed by atoms with Crippen LogP contribution in [0.25, 0.3) is 0 Å². The molecule has 3 heterocycles. The van der Waals surface area contributed by atoms with Crippen molar-refractivity contribution in [1.29, 1.82) is 0 Å². The number of fused-ring (bicyclic) bond motifs is 1.